The Hall–Kier alpha value is -1.60. The second-order valence-electron chi connectivity index (χ2n) is 4.20. The zero-order valence-electron chi connectivity index (χ0n) is 10.5. The molecule has 0 fully saturated rings. The van der Waals surface area contributed by atoms with E-state index in [9.17, 15) is 9.90 Å². The summed E-state index contributed by atoms with van der Waals surface area (Å²) in [5.74, 6) is 0.233. The van der Waals surface area contributed by atoms with Gasteiger partial charge in [0.15, 0.2) is 17.2 Å². The van der Waals surface area contributed by atoms with Crippen molar-refractivity contribution >= 4 is 33.2 Å². The van der Waals surface area contributed by atoms with Crippen LogP contribution in [0.4, 0.5) is 0 Å². The van der Waals surface area contributed by atoms with Crippen molar-refractivity contribution in [2.75, 3.05) is 13.2 Å². The maximum absolute atomic E-state index is 11.3. The Labute approximate surface area is 127 Å². The second kappa shape index (κ2) is 5.06. The van der Waals surface area contributed by atoms with E-state index in [1.807, 2.05) is 6.07 Å². The number of fused-ring (bicyclic) bond motifs is 1. The average molecular weight is 356 g/mol. The molecule has 2 heterocycles. The van der Waals surface area contributed by atoms with Gasteiger partial charge in [-0.3, -0.25) is 0 Å². The summed E-state index contributed by atoms with van der Waals surface area (Å²) in [6, 6.07) is 3.62. The van der Waals surface area contributed by atoms with Gasteiger partial charge in [-0.05, 0) is 40.5 Å². The highest BCUT2D eigenvalue weighted by molar-refractivity contribution is 9.10. The van der Waals surface area contributed by atoms with Crippen LogP contribution >= 0.6 is 27.3 Å². The number of thiazole rings is 1. The molecule has 0 saturated carbocycles. The minimum Gasteiger partial charge on any atom is -0.486 e. The highest BCUT2D eigenvalue weighted by atomic mass is 79.9. The van der Waals surface area contributed by atoms with Crippen LogP contribution in [0.15, 0.2) is 16.6 Å². The van der Waals surface area contributed by atoms with Gasteiger partial charge in [-0.15, -0.1) is 11.3 Å². The van der Waals surface area contributed by atoms with E-state index in [1.165, 1.54) is 11.3 Å². The van der Waals surface area contributed by atoms with Crippen LogP contribution in [0.3, 0.4) is 0 Å². The van der Waals surface area contributed by atoms with E-state index in [0.717, 1.165) is 10.0 Å². The molecule has 0 radical (unpaired) electrons. The molecule has 1 aromatic heterocycles. The van der Waals surface area contributed by atoms with E-state index in [0.29, 0.717) is 34.6 Å². The summed E-state index contributed by atoms with van der Waals surface area (Å²) in [5.41, 5.74) is 0.820. The smallest absolute Gasteiger partial charge is 0.356 e. The zero-order valence-corrected chi connectivity index (χ0v) is 12.9. The molecule has 0 bridgehead atoms. The van der Waals surface area contributed by atoms with Crippen molar-refractivity contribution in [1.29, 1.82) is 0 Å². The minimum atomic E-state index is -1.03. The Morgan fingerprint density at radius 1 is 1.40 bits per heavy atom. The maximum atomic E-state index is 11.3. The fourth-order valence-electron chi connectivity index (χ4n) is 2.01. The summed E-state index contributed by atoms with van der Waals surface area (Å²) in [4.78, 5) is 15.9. The molecular weight excluding hydrogens is 346 g/mol. The number of hydrogen-bond acceptors (Lipinski definition) is 5. The number of aryl methyl sites for hydroxylation is 1. The molecular formula is C13H10BrNO4S. The molecule has 5 nitrogen and oxygen atoms in total. The van der Waals surface area contributed by atoms with Gasteiger partial charge in [0.2, 0.25) is 0 Å². The van der Waals surface area contributed by atoms with Crippen LogP contribution in [0, 0.1) is 6.92 Å². The highest BCUT2D eigenvalue weighted by Gasteiger charge is 2.22. The van der Waals surface area contributed by atoms with Crippen LogP contribution in [0.2, 0.25) is 0 Å². The first-order chi connectivity index (χ1) is 9.56. The van der Waals surface area contributed by atoms with Gasteiger partial charge < -0.3 is 14.6 Å². The summed E-state index contributed by atoms with van der Waals surface area (Å²) in [5, 5.41) is 9.94. The van der Waals surface area contributed by atoms with Gasteiger partial charge in [0, 0.05) is 0 Å². The molecule has 7 heteroatoms. The predicted octanol–water partition coefficient (Wildman–Crippen LogP) is 3.35. The number of rotatable bonds is 2. The van der Waals surface area contributed by atoms with Crippen molar-refractivity contribution < 1.29 is 19.4 Å². The van der Waals surface area contributed by atoms with Crippen LogP contribution in [-0.4, -0.2) is 29.3 Å². The van der Waals surface area contributed by atoms with Crippen LogP contribution in [0.5, 0.6) is 11.5 Å². The van der Waals surface area contributed by atoms with Gasteiger partial charge in [-0.2, -0.15) is 0 Å². The fraction of sp³-hybridized carbons (Fsp3) is 0.231. The third kappa shape index (κ3) is 2.27. The lowest BCUT2D eigenvalue weighted by molar-refractivity contribution is 0.0692. The van der Waals surface area contributed by atoms with Gasteiger partial charge >= 0.3 is 5.97 Å². The standard InChI is InChI=1S/C13H10BrNO4S/c1-6-15-10(13(16)17)12(20-6)7-4-8(14)11-9(5-7)18-2-3-19-11/h4-5H,2-3H2,1H3,(H,16,17). The molecule has 1 N–H and O–H groups in total. The van der Waals surface area contributed by atoms with Crippen LogP contribution < -0.4 is 9.47 Å². The van der Waals surface area contributed by atoms with Crippen molar-refractivity contribution in [1.82, 2.24) is 4.98 Å². The quantitative estimate of drug-likeness (QED) is 0.894. The molecule has 1 aromatic carbocycles. The molecule has 0 amide bonds. The number of aromatic nitrogens is 1. The van der Waals surface area contributed by atoms with Gasteiger partial charge in [0.05, 0.1) is 14.4 Å². The largest absolute Gasteiger partial charge is 0.486 e. The first-order valence-corrected chi connectivity index (χ1v) is 7.47. The van der Waals surface area contributed by atoms with Crippen molar-refractivity contribution in [3.05, 3.63) is 27.3 Å². The average Bonchev–Trinajstić information content (AvgIpc) is 2.81. The summed E-state index contributed by atoms with van der Waals surface area (Å²) in [6.45, 7) is 2.77. The van der Waals surface area contributed by atoms with E-state index in [-0.39, 0.29) is 5.69 Å². The molecule has 3 rings (SSSR count). The van der Waals surface area contributed by atoms with Gasteiger partial charge in [-0.25, -0.2) is 9.78 Å². The number of ether oxygens (including phenoxy) is 2. The number of carboxylic acids is 1. The van der Waals surface area contributed by atoms with Gasteiger partial charge in [-0.1, -0.05) is 0 Å². The highest BCUT2D eigenvalue weighted by Crippen LogP contribution is 2.43. The summed E-state index contributed by atoms with van der Waals surface area (Å²) in [6.07, 6.45) is 0. The van der Waals surface area contributed by atoms with Crippen LogP contribution in [0.25, 0.3) is 10.4 Å². The third-order valence-electron chi connectivity index (χ3n) is 2.80. The van der Waals surface area contributed by atoms with Crippen LogP contribution in [-0.2, 0) is 0 Å². The topological polar surface area (TPSA) is 68.7 Å². The summed E-state index contributed by atoms with van der Waals surface area (Å²) < 4.78 is 11.8. The van der Waals surface area contributed by atoms with Crippen molar-refractivity contribution in [3.8, 4) is 21.9 Å². The molecule has 20 heavy (non-hydrogen) atoms. The molecule has 1 aliphatic rings. The van der Waals surface area contributed by atoms with E-state index in [1.54, 1.807) is 13.0 Å². The lowest BCUT2D eigenvalue weighted by Crippen LogP contribution is -2.15. The van der Waals surface area contributed by atoms with Crippen molar-refractivity contribution in [2.45, 2.75) is 6.92 Å². The lowest BCUT2D eigenvalue weighted by atomic mass is 10.1. The first kappa shape index (κ1) is 13.4. The van der Waals surface area contributed by atoms with Crippen molar-refractivity contribution in [2.24, 2.45) is 0 Å². The third-order valence-corrected chi connectivity index (χ3v) is 4.40. The van der Waals surface area contributed by atoms with Gasteiger partial charge in [0.1, 0.15) is 13.2 Å². The maximum Gasteiger partial charge on any atom is 0.356 e. The Bertz CT molecular complexity index is 698. The number of carbonyl (C=O) groups is 1. The number of nitrogens with zero attached hydrogens (tertiary/aromatic N) is 1. The fourth-order valence-corrected chi connectivity index (χ4v) is 3.46. The molecule has 0 saturated heterocycles. The van der Waals surface area contributed by atoms with Crippen molar-refractivity contribution in [3.63, 3.8) is 0 Å². The summed E-state index contributed by atoms with van der Waals surface area (Å²) >= 11 is 4.78. The minimum absolute atomic E-state index is 0.0658. The number of benzene rings is 1. The zero-order chi connectivity index (χ0) is 14.3. The molecule has 0 atom stereocenters. The van der Waals surface area contributed by atoms with Gasteiger partial charge in [0.25, 0.3) is 0 Å². The monoisotopic (exact) mass is 355 g/mol. The Morgan fingerprint density at radius 3 is 2.90 bits per heavy atom. The van der Waals surface area contributed by atoms with E-state index in [4.69, 9.17) is 9.47 Å². The Morgan fingerprint density at radius 2 is 2.15 bits per heavy atom. The van der Waals surface area contributed by atoms with E-state index >= 15 is 0 Å². The predicted molar refractivity (Wildman–Crippen MR) is 77.9 cm³/mol. The Balaban J connectivity index is 2.16. The number of aromatic carboxylic acids is 1. The summed E-state index contributed by atoms with van der Waals surface area (Å²) in [7, 11) is 0. The van der Waals surface area contributed by atoms with E-state index < -0.39 is 5.97 Å². The van der Waals surface area contributed by atoms with E-state index in [2.05, 4.69) is 20.9 Å². The SMILES string of the molecule is Cc1nc(C(=O)O)c(-c2cc(Br)c3c(c2)OCCO3)s1. The number of hydrogen-bond donors (Lipinski definition) is 1. The number of carboxylic acid groups (broad SMARTS) is 1. The lowest BCUT2D eigenvalue weighted by Gasteiger charge is -2.20. The molecule has 2 aromatic rings. The second-order valence-corrected chi connectivity index (χ2v) is 6.26. The first-order valence-electron chi connectivity index (χ1n) is 5.86. The molecule has 0 aliphatic carbocycles. The molecule has 0 unspecified atom stereocenters. The molecule has 0 spiro atoms. The van der Waals surface area contributed by atoms with Crippen LogP contribution in [0.1, 0.15) is 15.5 Å². The number of halogens is 1. The Kier molecular flexibility index (Phi) is 3.39. The normalized spacial score (nSPS) is 13.3. The molecule has 1 aliphatic heterocycles. The molecule has 104 valence electrons.